The summed E-state index contributed by atoms with van der Waals surface area (Å²) in [5.74, 6) is 1.30. The monoisotopic (exact) mass is 240 g/mol. The zero-order valence-electron chi connectivity index (χ0n) is 9.18. The fraction of sp³-hybridized carbons (Fsp3) is 0.444. The number of nitrogens with one attached hydrogen (secondary N) is 1. The number of halogens is 1. The van der Waals surface area contributed by atoms with Gasteiger partial charge in [0.05, 0.1) is 0 Å². The molecule has 6 nitrogen and oxygen atoms in total. The van der Waals surface area contributed by atoms with E-state index in [1.54, 1.807) is 10.6 Å². The van der Waals surface area contributed by atoms with Gasteiger partial charge in [0.2, 0.25) is 0 Å². The Morgan fingerprint density at radius 3 is 3.06 bits per heavy atom. The van der Waals surface area contributed by atoms with Gasteiger partial charge < -0.3 is 10.2 Å². The normalized spacial score (nSPS) is 11.2. The van der Waals surface area contributed by atoms with Crippen LogP contribution in [-0.4, -0.2) is 51.7 Å². The molecule has 0 amide bonds. The van der Waals surface area contributed by atoms with E-state index in [1.165, 1.54) is 6.33 Å². The molecule has 86 valence electrons. The number of anilines is 1. The summed E-state index contributed by atoms with van der Waals surface area (Å²) in [5, 5.41) is 7.72. The number of aromatic nitrogens is 4. The number of likely N-dealkylation sites (N-methyl/N-ethyl adjacent to an activating group) is 1. The van der Waals surface area contributed by atoms with E-state index in [0.29, 0.717) is 10.9 Å². The number of nitrogens with zero attached hydrogens (tertiary/aromatic N) is 5. The Morgan fingerprint density at radius 2 is 2.31 bits per heavy atom. The molecule has 0 saturated heterocycles. The lowest BCUT2D eigenvalue weighted by molar-refractivity contribution is 0.425. The number of fused-ring (bicyclic) bond motifs is 1. The molecule has 2 rings (SSSR count). The molecule has 0 aliphatic rings. The van der Waals surface area contributed by atoms with Crippen molar-refractivity contribution in [2.75, 3.05) is 32.5 Å². The van der Waals surface area contributed by atoms with Gasteiger partial charge in [0.25, 0.3) is 5.78 Å². The van der Waals surface area contributed by atoms with Gasteiger partial charge in [-0.3, -0.25) is 0 Å². The molecule has 7 heteroatoms. The smallest absolute Gasteiger partial charge is 0.255 e. The van der Waals surface area contributed by atoms with Crippen LogP contribution >= 0.6 is 11.6 Å². The maximum atomic E-state index is 5.88. The minimum atomic E-state index is 0.410. The van der Waals surface area contributed by atoms with Crippen LogP contribution in [-0.2, 0) is 0 Å². The lowest BCUT2D eigenvalue weighted by Gasteiger charge is -2.11. The maximum Gasteiger partial charge on any atom is 0.255 e. The van der Waals surface area contributed by atoms with Crippen molar-refractivity contribution < 1.29 is 0 Å². The van der Waals surface area contributed by atoms with Crippen LogP contribution in [0.15, 0.2) is 12.4 Å². The van der Waals surface area contributed by atoms with Gasteiger partial charge in [-0.2, -0.15) is 19.6 Å². The second kappa shape index (κ2) is 4.63. The quantitative estimate of drug-likeness (QED) is 0.800. The van der Waals surface area contributed by atoms with E-state index in [-0.39, 0.29) is 0 Å². The van der Waals surface area contributed by atoms with Crippen molar-refractivity contribution in [3.63, 3.8) is 0 Å². The molecule has 0 aromatic carbocycles. The standard InChI is InChI=1S/C9H13ClN6/c1-15(2)4-3-11-8-5-7(10)14-9-12-6-13-16(8)9/h5-6,11H,3-4H2,1-2H3. The topological polar surface area (TPSA) is 58.3 Å². The summed E-state index contributed by atoms with van der Waals surface area (Å²) < 4.78 is 1.63. The highest BCUT2D eigenvalue weighted by atomic mass is 35.5. The summed E-state index contributed by atoms with van der Waals surface area (Å²) in [6.45, 7) is 1.73. The van der Waals surface area contributed by atoms with Crippen LogP contribution in [0.25, 0.3) is 5.78 Å². The molecule has 2 heterocycles. The Bertz CT molecular complexity index is 480. The van der Waals surface area contributed by atoms with Crippen molar-refractivity contribution in [1.82, 2.24) is 24.5 Å². The second-order valence-electron chi connectivity index (χ2n) is 3.67. The first-order valence-electron chi connectivity index (χ1n) is 4.91. The van der Waals surface area contributed by atoms with Crippen LogP contribution < -0.4 is 5.32 Å². The number of hydrogen-bond acceptors (Lipinski definition) is 5. The fourth-order valence-corrected chi connectivity index (χ4v) is 1.50. The van der Waals surface area contributed by atoms with Crippen LogP contribution in [0.2, 0.25) is 5.15 Å². The van der Waals surface area contributed by atoms with Gasteiger partial charge in [0.1, 0.15) is 17.3 Å². The third kappa shape index (κ3) is 2.40. The second-order valence-corrected chi connectivity index (χ2v) is 4.05. The van der Waals surface area contributed by atoms with Crippen molar-refractivity contribution in [3.05, 3.63) is 17.5 Å². The van der Waals surface area contributed by atoms with Crippen LogP contribution in [0, 0.1) is 0 Å². The Balaban J connectivity index is 2.19. The molecule has 0 bridgehead atoms. The first kappa shape index (κ1) is 11.1. The molecule has 0 fully saturated rings. The molecule has 0 radical (unpaired) electrons. The predicted molar refractivity (Wildman–Crippen MR) is 62.8 cm³/mol. The van der Waals surface area contributed by atoms with Gasteiger partial charge in [-0.25, -0.2) is 0 Å². The average molecular weight is 241 g/mol. The van der Waals surface area contributed by atoms with Gasteiger partial charge in [-0.15, -0.1) is 0 Å². The summed E-state index contributed by atoms with van der Waals surface area (Å²) in [5.41, 5.74) is 0. The number of hydrogen-bond donors (Lipinski definition) is 1. The highest BCUT2D eigenvalue weighted by molar-refractivity contribution is 6.29. The Kier molecular flexibility index (Phi) is 3.21. The van der Waals surface area contributed by atoms with Crippen molar-refractivity contribution in [1.29, 1.82) is 0 Å². The van der Waals surface area contributed by atoms with Crippen LogP contribution in [0.1, 0.15) is 0 Å². The van der Waals surface area contributed by atoms with E-state index in [0.717, 1.165) is 18.9 Å². The van der Waals surface area contributed by atoms with E-state index in [4.69, 9.17) is 11.6 Å². The summed E-state index contributed by atoms with van der Waals surface area (Å²) in [4.78, 5) is 10.1. The Morgan fingerprint density at radius 1 is 1.50 bits per heavy atom. The van der Waals surface area contributed by atoms with Crippen LogP contribution in [0.3, 0.4) is 0 Å². The van der Waals surface area contributed by atoms with Crippen molar-refractivity contribution in [3.8, 4) is 0 Å². The summed E-state index contributed by atoms with van der Waals surface area (Å²) in [6.07, 6.45) is 1.45. The van der Waals surface area contributed by atoms with E-state index in [9.17, 15) is 0 Å². The first-order valence-corrected chi connectivity index (χ1v) is 5.29. The van der Waals surface area contributed by atoms with E-state index in [1.807, 2.05) is 14.1 Å². The molecule has 0 saturated carbocycles. The molecule has 0 atom stereocenters. The van der Waals surface area contributed by atoms with E-state index in [2.05, 4.69) is 25.3 Å². The van der Waals surface area contributed by atoms with E-state index < -0.39 is 0 Å². The molecular weight excluding hydrogens is 228 g/mol. The van der Waals surface area contributed by atoms with Gasteiger partial charge in [0, 0.05) is 19.2 Å². The number of rotatable bonds is 4. The molecule has 0 aliphatic heterocycles. The third-order valence-electron chi connectivity index (χ3n) is 2.09. The first-order chi connectivity index (χ1) is 7.66. The Labute approximate surface area is 98.2 Å². The largest absolute Gasteiger partial charge is 0.369 e. The minimum absolute atomic E-state index is 0.410. The third-order valence-corrected chi connectivity index (χ3v) is 2.28. The van der Waals surface area contributed by atoms with Gasteiger partial charge in [-0.1, -0.05) is 11.6 Å². The summed E-state index contributed by atoms with van der Waals surface area (Å²) in [6, 6.07) is 1.74. The molecule has 0 spiro atoms. The minimum Gasteiger partial charge on any atom is -0.369 e. The SMILES string of the molecule is CN(C)CCNc1cc(Cl)nc2ncnn12. The zero-order valence-corrected chi connectivity index (χ0v) is 9.94. The summed E-state index contributed by atoms with van der Waals surface area (Å²) >= 11 is 5.88. The highest BCUT2D eigenvalue weighted by Crippen LogP contribution is 2.13. The lowest BCUT2D eigenvalue weighted by atomic mass is 10.5. The van der Waals surface area contributed by atoms with E-state index >= 15 is 0 Å². The van der Waals surface area contributed by atoms with Gasteiger partial charge in [-0.05, 0) is 14.1 Å². The molecule has 0 unspecified atom stereocenters. The van der Waals surface area contributed by atoms with Crippen molar-refractivity contribution >= 4 is 23.2 Å². The average Bonchev–Trinajstić information content (AvgIpc) is 2.64. The van der Waals surface area contributed by atoms with Gasteiger partial charge >= 0.3 is 0 Å². The van der Waals surface area contributed by atoms with Crippen LogP contribution in [0.4, 0.5) is 5.82 Å². The maximum absolute atomic E-state index is 5.88. The molecular formula is C9H13ClN6. The molecule has 1 N–H and O–H groups in total. The van der Waals surface area contributed by atoms with Gasteiger partial charge in [0.15, 0.2) is 0 Å². The van der Waals surface area contributed by atoms with Crippen LogP contribution in [0.5, 0.6) is 0 Å². The summed E-state index contributed by atoms with van der Waals surface area (Å²) in [7, 11) is 4.04. The molecule has 16 heavy (non-hydrogen) atoms. The lowest BCUT2D eigenvalue weighted by Crippen LogP contribution is -2.21. The Hall–Kier alpha value is -1.40. The highest BCUT2D eigenvalue weighted by Gasteiger charge is 2.05. The zero-order chi connectivity index (χ0) is 11.5. The van der Waals surface area contributed by atoms with Crippen molar-refractivity contribution in [2.45, 2.75) is 0 Å². The molecule has 0 aliphatic carbocycles. The molecule has 2 aromatic heterocycles. The van der Waals surface area contributed by atoms with Crippen molar-refractivity contribution in [2.24, 2.45) is 0 Å². The predicted octanol–water partition coefficient (Wildman–Crippen LogP) is 0.751. The molecule has 2 aromatic rings. The fourth-order valence-electron chi connectivity index (χ4n) is 1.32.